The molecule has 0 aliphatic rings. The van der Waals surface area contributed by atoms with Crippen molar-refractivity contribution in [2.75, 3.05) is 7.11 Å². The minimum absolute atomic E-state index is 0.656. The molecule has 20 heavy (non-hydrogen) atoms. The molecule has 0 aromatic carbocycles. The van der Waals surface area contributed by atoms with Gasteiger partial charge in [0.05, 0.1) is 7.11 Å². The van der Waals surface area contributed by atoms with Crippen LogP contribution >= 0.6 is 22.6 Å². The van der Waals surface area contributed by atoms with Crippen LogP contribution < -0.4 is 0 Å². The molecule has 2 nitrogen and oxygen atoms in total. The molecular formula is C8H6F9IO2. The zero-order valence-electron chi connectivity index (χ0n) is 9.38. The van der Waals surface area contributed by atoms with Crippen LogP contribution in [-0.4, -0.2) is 40.9 Å². The van der Waals surface area contributed by atoms with Crippen molar-refractivity contribution in [2.45, 2.75) is 34.3 Å². The molecule has 0 saturated carbocycles. The van der Waals surface area contributed by atoms with E-state index in [1.54, 1.807) is 0 Å². The first-order chi connectivity index (χ1) is 8.62. The van der Waals surface area contributed by atoms with Gasteiger partial charge < -0.3 is 4.74 Å². The van der Waals surface area contributed by atoms with Crippen LogP contribution in [-0.2, 0) is 9.53 Å². The van der Waals surface area contributed by atoms with Crippen molar-refractivity contribution >= 4 is 28.6 Å². The maximum Gasteiger partial charge on any atom is 0.457 e. The fourth-order valence-corrected chi connectivity index (χ4v) is 1.97. The number of esters is 1. The molecule has 0 N–H and O–H groups in total. The van der Waals surface area contributed by atoms with E-state index in [-0.39, 0.29) is 0 Å². The molecule has 120 valence electrons. The van der Waals surface area contributed by atoms with Gasteiger partial charge in [-0.25, -0.2) is 4.39 Å². The van der Waals surface area contributed by atoms with Crippen molar-refractivity contribution in [3.05, 3.63) is 0 Å². The van der Waals surface area contributed by atoms with Crippen LogP contribution in [0.15, 0.2) is 0 Å². The molecule has 0 amide bonds. The molecule has 0 spiro atoms. The van der Waals surface area contributed by atoms with Crippen LogP contribution in [0.1, 0.15) is 6.42 Å². The van der Waals surface area contributed by atoms with Crippen LogP contribution in [0.4, 0.5) is 39.5 Å². The van der Waals surface area contributed by atoms with E-state index in [0.717, 1.165) is 22.6 Å². The lowest BCUT2D eigenvalue weighted by molar-refractivity contribution is -0.384. The summed E-state index contributed by atoms with van der Waals surface area (Å²) in [4.78, 5) is 10.8. The Kier molecular flexibility index (Phi) is 5.63. The highest BCUT2D eigenvalue weighted by Gasteiger charge is 2.81. The number of alkyl halides is 10. The summed E-state index contributed by atoms with van der Waals surface area (Å²) in [7, 11) is 0.656. The van der Waals surface area contributed by atoms with Crippen molar-refractivity contribution in [3.63, 3.8) is 0 Å². The predicted molar refractivity (Wildman–Crippen MR) is 55.3 cm³/mol. The number of rotatable bonds is 4. The van der Waals surface area contributed by atoms with Gasteiger partial charge in [-0.1, -0.05) is 22.6 Å². The zero-order valence-corrected chi connectivity index (χ0v) is 11.5. The van der Waals surface area contributed by atoms with Gasteiger partial charge in [-0.15, -0.1) is 0 Å². The molecule has 12 heteroatoms. The van der Waals surface area contributed by atoms with E-state index in [2.05, 4.69) is 4.74 Å². The molecule has 2 unspecified atom stereocenters. The highest BCUT2D eigenvalue weighted by atomic mass is 127. The topological polar surface area (TPSA) is 26.3 Å². The summed E-state index contributed by atoms with van der Waals surface area (Å²) in [5.41, 5.74) is -5.95. The normalized spacial score (nSPS) is 18.4. The zero-order chi connectivity index (χ0) is 16.6. The Morgan fingerprint density at radius 3 is 1.65 bits per heavy atom. The quantitative estimate of drug-likeness (QED) is 0.293. The van der Waals surface area contributed by atoms with E-state index < -0.39 is 40.3 Å². The number of carbonyl (C=O) groups is 1. The lowest BCUT2D eigenvalue weighted by Gasteiger charge is -2.36. The largest absolute Gasteiger partial charge is 0.468 e. The SMILES string of the molecule is COC(=O)C(I)CC(F)(C(F)(F)F)C(F)(F)C(F)(F)F. The van der Waals surface area contributed by atoms with Gasteiger partial charge in [-0.3, -0.25) is 4.79 Å². The van der Waals surface area contributed by atoms with Gasteiger partial charge >= 0.3 is 24.2 Å². The van der Waals surface area contributed by atoms with Gasteiger partial charge in [0, 0.05) is 6.42 Å². The van der Waals surface area contributed by atoms with Crippen LogP contribution in [0.3, 0.4) is 0 Å². The predicted octanol–water partition coefficient (Wildman–Crippen LogP) is 3.82. The standard InChI is InChI=1S/C8H6F9IO2/c1-20-4(19)3(18)2-5(9,7(12,13)14)6(10,11)8(15,16)17/h3H,2H2,1H3. The van der Waals surface area contributed by atoms with Crippen LogP contribution in [0.5, 0.6) is 0 Å². The Morgan fingerprint density at radius 1 is 1.00 bits per heavy atom. The molecule has 0 rings (SSSR count). The molecule has 0 saturated heterocycles. The first-order valence-electron chi connectivity index (χ1n) is 4.54. The number of carbonyl (C=O) groups excluding carboxylic acids is 1. The van der Waals surface area contributed by atoms with Gasteiger partial charge in [-0.05, 0) is 0 Å². The van der Waals surface area contributed by atoms with E-state index in [0.29, 0.717) is 7.11 Å². The molecular weight excluding hydrogens is 426 g/mol. The Balaban J connectivity index is 5.74. The van der Waals surface area contributed by atoms with Gasteiger partial charge in [0.25, 0.3) is 5.67 Å². The highest BCUT2D eigenvalue weighted by molar-refractivity contribution is 14.1. The van der Waals surface area contributed by atoms with Crippen LogP contribution in [0.25, 0.3) is 0 Å². The Bertz CT molecular complexity index is 364. The summed E-state index contributed by atoms with van der Waals surface area (Å²) < 4.78 is 114. The number of methoxy groups -OCH3 is 1. The minimum atomic E-state index is -6.77. The van der Waals surface area contributed by atoms with Crippen molar-refractivity contribution < 1.29 is 49.0 Å². The Labute approximate surface area is 119 Å². The second kappa shape index (κ2) is 5.75. The van der Waals surface area contributed by atoms with Gasteiger partial charge in [0.15, 0.2) is 0 Å². The average Bonchev–Trinajstić information content (AvgIpc) is 2.24. The molecule has 0 radical (unpaired) electrons. The molecule has 0 heterocycles. The summed E-state index contributed by atoms with van der Waals surface area (Å²) >= 11 is 0.786. The van der Waals surface area contributed by atoms with E-state index in [1.807, 2.05) is 0 Å². The molecule has 0 fully saturated rings. The number of hydrogen-bond donors (Lipinski definition) is 0. The third-order valence-electron chi connectivity index (χ3n) is 2.22. The lowest BCUT2D eigenvalue weighted by atomic mass is 9.90. The monoisotopic (exact) mass is 432 g/mol. The van der Waals surface area contributed by atoms with Crippen LogP contribution in [0.2, 0.25) is 0 Å². The molecule has 0 aromatic heterocycles. The molecule has 0 aliphatic heterocycles. The number of halogens is 10. The van der Waals surface area contributed by atoms with Gasteiger partial charge in [0.1, 0.15) is 3.92 Å². The second-order valence-corrected chi connectivity index (χ2v) is 5.07. The number of ether oxygens (including phenoxy) is 1. The third-order valence-corrected chi connectivity index (χ3v) is 3.17. The fourth-order valence-electron chi connectivity index (χ4n) is 1.10. The molecule has 0 bridgehead atoms. The summed E-state index contributed by atoms with van der Waals surface area (Å²) in [5, 5.41) is 0. The smallest absolute Gasteiger partial charge is 0.457 e. The van der Waals surface area contributed by atoms with Gasteiger partial charge in [0.2, 0.25) is 0 Å². The van der Waals surface area contributed by atoms with Gasteiger partial charge in [-0.2, -0.15) is 35.1 Å². The summed E-state index contributed by atoms with van der Waals surface area (Å²) in [6, 6.07) is 0. The van der Waals surface area contributed by atoms with E-state index >= 15 is 0 Å². The van der Waals surface area contributed by atoms with Crippen LogP contribution in [0, 0.1) is 0 Å². The average molecular weight is 432 g/mol. The van der Waals surface area contributed by atoms with E-state index in [1.165, 1.54) is 0 Å². The number of hydrogen-bond acceptors (Lipinski definition) is 2. The lowest BCUT2D eigenvalue weighted by Crippen LogP contribution is -2.63. The fraction of sp³-hybridized carbons (Fsp3) is 0.875. The summed E-state index contributed by atoms with van der Waals surface area (Å²) in [6.07, 6.45) is -15.7. The Morgan fingerprint density at radius 2 is 1.40 bits per heavy atom. The van der Waals surface area contributed by atoms with Crippen molar-refractivity contribution in [2.24, 2.45) is 0 Å². The minimum Gasteiger partial charge on any atom is -0.468 e. The molecule has 2 atom stereocenters. The van der Waals surface area contributed by atoms with E-state index in [4.69, 9.17) is 0 Å². The molecule has 0 aromatic rings. The molecule has 0 aliphatic carbocycles. The van der Waals surface area contributed by atoms with E-state index in [9.17, 15) is 44.3 Å². The Hall–Kier alpha value is -0.430. The first kappa shape index (κ1) is 19.6. The summed E-state index contributed by atoms with van der Waals surface area (Å²) in [5.74, 6) is -8.27. The van der Waals surface area contributed by atoms with Crippen molar-refractivity contribution in [1.29, 1.82) is 0 Å². The highest BCUT2D eigenvalue weighted by Crippen LogP contribution is 2.55. The second-order valence-electron chi connectivity index (χ2n) is 3.57. The maximum atomic E-state index is 13.5. The van der Waals surface area contributed by atoms with Crippen molar-refractivity contribution in [1.82, 2.24) is 0 Å². The first-order valence-corrected chi connectivity index (χ1v) is 5.78. The summed E-state index contributed by atoms with van der Waals surface area (Å²) in [6.45, 7) is 0. The third kappa shape index (κ3) is 3.42. The van der Waals surface area contributed by atoms with Crippen molar-refractivity contribution in [3.8, 4) is 0 Å². The maximum absolute atomic E-state index is 13.5.